The summed E-state index contributed by atoms with van der Waals surface area (Å²) in [6.45, 7) is 7.40. The number of rotatable bonds is 6. The molecule has 2 fully saturated rings. The lowest BCUT2D eigenvalue weighted by Crippen LogP contribution is -2.42. The second-order valence-electron chi connectivity index (χ2n) is 8.70. The molecule has 1 amide bonds. The van der Waals surface area contributed by atoms with Gasteiger partial charge in [-0.15, -0.1) is 0 Å². The van der Waals surface area contributed by atoms with Gasteiger partial charge in [-0.1, -0.05) is 23.8 Å². The molecule has 0 bridgehead atoms. The molecular weight excluding hydrogens is 436 g/mol. The number of ketones is 1. The van der Waals surface area contributed by atoms with Gasteiger partial charge in [0.2, 0.25) is 0 Å². The van der Waals surface area contributed by atoms with Gasteiger partial charge in [0.1, 0.15) is 5.76 Å². The van der Waals surface area contributed by atoms with E-state index in [1.54, 1.807) is 18.2 Å². The second kappa shape index (κ2) is 9.87. The molecule has 2 heterocycles. The first-order valence-corrected chi connectivity index (χ1v) is 11.3. The van der Waals surface area contributed by atoms with Crippen LogP contribution < -0.4 is 4.74 Å². The minimum atomic E-state index is -0.810. The second-order valence-corrected chi connectivity index (χ2v) is 8.70. The van der Waals surface area contributed by atoms with Gasteiger partial charge >= 0.3 is 0 Å². The number of likely N-dealkylation sites (tertiary alicyclic amines) is 1. The summed E-state index contributed by atoms with van der Waals surface area (Å²) in [4.78, 5) is 30.1. The molecule has 34 heavy (non-hydrogen) atoms. The SMILES string of the molecule is COc1cc(C2C(=C(O)c3cc(C)ccc3C)C(=O)C(=O)N2CCN2CCOCC2)ccc1O. The number of carbonyl (C=O) groups is 2. The summed E-state index contributed by atoms with van der Waals surface area (Å²) >= 11 is 0. The zero-order valence-corrected chi connectivity index (χ0v) is 19.7. The molecule has 0 aliphatic carbocycles. The number of ether oxygens (including phenoxy) is 2. The molecule has 180 valence electrons. The lowest BCUT2D eigenvalue weighted by atomic mass is 9.93. The molecule has 0 saturated carbocycles. The van der Waals surface area contributed by atoms with Crippen LogP contribution in [-0.4, -0.2) is 78.2 Å². The quantitative estimate of drug-likeness (QED) is 0.384. The number of methoxy groups -OCH3 is 1. The molecule has 0 spiro atoms. The normalized spacial score (nSPS) is 20.7. The van der Waals surface area contributed by atoms with Gasteiger partial charge in [-0.25, -0.2) is 0 Å². The first kappa shape index (κ1) is 23.8. The van der Waals surface area contributed by atoms with E-state index in [1.165, 1.54) is 18.1 Å². The predicted molar refractivity (Wildman–Crippen MR) is 127 cm³/mol. The topological polar surface area (TPSA) is 99.5 Å². The van der Waals surface area contributed by atoms with Gasteiger partial charge in [0, 0.05) is 31.7 Å². The Bertz CT molecular complexity index is 1140. The average Bonchev–Trinajstić information content (AvgIpc) is 3.09. The standard InChI is InChI=1S/C26H30N2O6/c1-16-4-5-17(2)19(14-16)24(30)22-23(18-6-7-20(29)21(15-18)33-3)28(26(32)25(22)31)9-8-27-10-12-34-13-11-27/h4-7,14-15,23,29-30H,8-13H2,1-3H3. The Labute approximate surface area is 199 Å². The summed E-state index contributed by atoms with van der Waals surface area (Å²) in [6, 6.07) is 9.51. The summed E-state index contributed by atoms with van der Waals surface area (Å²) in [6.07, 6.45) is 0. The number of aryl methyl sites for hydroxylation is 2. The van der Waals surface area contributed by atoms with Gasteiger partial charge in [-0.2, -0.15) is 0 Å². The van der Waals surface area contributed by atoms with Crippen molar-refractivity contribution in [3.05, 3.63) is 64.2 Å². The molecule has 0 aromatic heterocycles. The van der Waals surface area contributed by atoms with Crippen LogP contribution in [0.4, 0.5) is 0 Å². The number of aliphatic hydroxyl groups is 1. The third-order valence-electron chi connectivity index (χ3n) is 6.47. The van der Waals surface area contributed by atoms with E-state index >= 15 is 0 Å². The van der Waals surface area contributed by atoms with Gasteiger partial charge in [-0.3, -0.25) is 14.5 Å². The molecular formula is C26H30N2O6. The van der Waals surface area contributed by atoms with Gasteiger partial charge in [0.15, 0.2) is 11.5 Å². The van der Waals surface area contributed by atoms with Crippen LogP contribution in [-0.2, 0) is 14.3 Å². The molecule has 1 atom stereocenters. The van der Waals surface area contributed by atoms with Gasteiger partial charge in [0.25, 0.3) is 11.7 Å². The Morgan fingerprint density at radius 2 is 1.82 bits per heavy atom. The lowest BCUT2D eigenvalue weighted by molar-refractivity contribution is -0.140. The largest absolute Gasteiger partial charge is 0.507 e. The van der Waals surface area contributed by atoms with Crippen molar-refractivity contribution in [3.63, 3.8) is 0 Å². The molecule has 2 N–H and O–H groups in total. The molecule has 2 aliphatic heterocycles. The molecule has 0 radical (unpaired) electrons. The summed E-state index contributed by atoms with van der Waals surface area (Å²) in [5.74, 6) is -1.41. The number of hydrogen-bond acceptors (Lipinski definition) is 7. The third kappa shape index (κ3) is 4.51. The summed E-state index contributed by atoms with van der Waals surface area (Å²) in [5, 5.41) is 21.4. The smallest absolute Gasteiger partial charge is 0.295 e. The van der Waals surface area contributed by atoms with Crippen molar-refractivity contribution >= 4 is 17.4 Å². The van der Waals surface area contributed by atoms with Gasteiger partial charge in [-0.05, 0) is 43.2 Å². The van der Waals surface area contributed by atoms with Crippen molar-refractivity contribution in [1.82, 2.24) is 9.80 Å². The maximum absolute atomic E-state index is 13.3. The van der Waals surface area contributed by atoms with Gasteiger partial charge < -0.3 is 24.6 Å². The van der Waals surface area contributed by atoms with Crippen molar-refractivity contribution in [2.45, 2.75) is 19.9 Å². The minimum absolute atomic E-state index is 0.0356. The van der Waals surface area contributed by atoms with E-state index in [-0.39, 0.29) is 22.8 Å². The van der Waals surface area contributed by atoms with Crippen LogP contribution in [0, 0.1) is 13.8 Å². The van der Waals surface area contributed by atoms with E-state index in [0.29, 0.717) is 37.4 Å². The van der Waals surface area contributed by atoms with Crippen molar-refractivity contribution in [3.8, 4) is 11.5 Å². The molecule has 8 nitrogen and oxygen atoms in total. The zero-order chi connectivity index (χ0) is 24.4. The number of nitrogens with zero attached hydrogens (tertiary/aromatic N) is 2. The van der Waals surface area contributed by atoms with Crippen LogP contribution >= 0.6 is 0 Å². The van der Waals surface area contributed by atoms with Crippen molar-refractivity contribution in [2.24, 2.45) is 0 Å². The van der Waals surface area contributed by atoms with E-state index in [1.807, 2.05) is 26.0 Å². The number of carbonyl (C=O) groups excluding carboxylic acids is 2. The Kier molecular flexibility index (Phi) is 6.90. The van der Waals surface area contributed by atoms with Crippen molar-refractivity contribution in [2.75, 3.05) is 46.5 Å². The fourth-order valence-corrected chi connectivity index (χ4v) is 4.53. The zero-order valence-electron chi connectivity index (χ0n) is 19.7. The Morgan fingerprint density at radius 3 is 2.53 bits per heavy atom. The molecule has 1 unspecified atom stereocenters. The maximum Gasteiger partial charge on any atom is 0.295 e. The highest BCUT2D eigenvalue weighted by Crippen LogP contribution is 2.42. The Balaban J connectivity index is 1.81. The number of phenolic OH excluding ortho intramolecular Hbond substituents is 1. The number of hydrogen-bond donors (Lipinski definition) is 2. The van der Waals surface area contributed by atoms with Crippen LogP contribution in [0.25, 0.3) is 5.76 Å². The Hall–Kier alpha value is -3.36. The van der Waals surface area contributed by atoms with Gasteiger partial charge in [0.05, 0.1) is 31.9 Å². The highest BCUT2D eigenvalue weighted by Gasteiger charge is 2.46. The third-order valence-corrected chi connectivity index (χ3v) is 6.47. The van der Waals surface area contributed by atoms with Crippen molar-refractivity contribution in [1.29, 1.82) is 0 Å². The fraction of sp³-hybridized carbons (Fsp3) is 0.385. The number of benzene rings is 2. The number of aromatic hydroxyl groups is 1. The Morgan fingerprint density at radius 1 is 1.09 bits per heavy atom. The van der Waals surface area contributed by atoms with E-state index in [9.17, 15) is 19.8 Å². The number of aliphatic hydroxyl groups excluding tert-OH is 1. The number of morpholine rings is 1. The maximum atomic E-state index is 13.3. The van der Waals surface area contributed by atoms with Crippen LogP contribution in [0.2, 0.25) is 0 Å². The number of phenols is 1. The summed E-state index contributed by atoms with van der Waals surface area (Å²) < 4.78 is 10.7. The number of amides is 1. The van der Waals surface area contributed by atoms with E-state index < -0.39 is 17.7 Å². The van der Waals surface area contributed by atoms with Crippen molar-refractivity contribution < 1.29 is 29.3 Å². The van der Waals surface area contributed by atoms with Crippen LogP contribution in [0.1, 0.15) is 28.3 Å². The molecule has 2 aliphatic rings. The van der Waals surface area contributed by atoms with E-state index in [0.717, 1.165) is 24.2 Å². The average molecular weight is 467 g/mol. The molecule has 2 aromatic carbocycles. The van der Waals surface area contributed by atoms with Crippen LogP contribution in [0.5, 0.6) is 11.5 Å². The first-order chi connectivity index (χ1) is 16.3. The number of Topliss-reactive ketones (excluding diaryl/α,β-unsaturated/α-hetero) is 1. The highest BCUT2D eigenvalue weighted by atomic mass is 16.5. The molecule has 4 rings (SSSR count). The highest BCUT2D eigenvalue weighted by molar-refractivity contribution is 6.46. The van der Waals surface area contributed by atoms with E-state index in [4.69, 9.17) is 9.47 Å². The summed E-state index contributed by atoms with van der Waals surface area (Å²) in [5.41, 5.74) is 2.85. The van der Waals surface area contributed by atoms with Crippen LogP contribution in [0.15, 0.2) is 42.0 Å². The first-order valence-electron chi connectivity index (χ1n) is 11.3. The summed E-state index contributed by atoms with van der Waals surface area (Å²) in [7, 11) is 1.43. The molecule has 2 saturated heterocycles. The molecule has 2 aromatic rings. The molecule has 8 heteroatoms. The lowest BCUT2D eigenvalue weighted by Gasteiger charge is -2.31. The monoisotopic (exact) mass is 466 g/mol. The fourth-order valence-electron chi connectivity index (χ4n) is 4.53. The predicted octanol–water partition coefficient (Wildman–Crippen LogP) is 2.77. The minimum Gasteiger partial charge on any atom is -0.507 e. The van der Waals surface area contributed by atoms with Crippen LogP contribution in [0.3, 0.4) is 0 Å². The van der Waals surface area contributed by atoms with E-state index in [2.05, 4.69) is 4.90 Å².